The maximum absolute atomic E-state index is 13.2. The molecule has 1 fully saturated rings. The van der Waals surface area contributed by atoms with E-state index in [-0.39, 0.29) is 9.79 Å². The molecule has 0 bridgehead atoms. The summed E-state index contributed by atoms with van der Waals surface area (Å²) in [4.78, 5) is 0.235. The fourth-order valence-electron chi connectivity index (χ4n) is 4.85. The minimum absolute atomic E-state index is 0.0440. The Kier molecular flexibility index (Phi) is 8.11. The van der Waals surface area contributed by atoms with Gasteiger partial charge < -0.3 is 4.57 Å². The van der Waals surface area contributed by atoms with E-state index in [4.69, 9.17) is 5.14 Å². The van der Waals surface area contributed by atoms with Crippen LogP contribution < -0.4 is 9.86 Å². The van der Waals surface area contributed by atoms with Crippen molar-refractivity contribution in [2.75, 3.05) is 6.54 Å². The number of hydrogen-bond donors (Lipinski definition) is 2. The van der Waals surface area contributed by atoms with E-state index in [1.807, 2.05) is 25.3 Å². The lowest BCUT2D eigenvalue weighted by Gasteiger charge is -2.27. The Hall–Kier alpha value is -1.82. The third-order valence-corrected chi connectivity index (χ3v) is 9.44. The minimum Gasteiger partial charge on any atom is -0.343 e. The lowest BCUT2D eigenvalue weighted by Crippen LogP contribution is -2.34. The van der Waals surface area contributed by atoms with Gasteiger partial charge in [0.15, 0.2) is 0 Å². The molecule has 1 aliphatic carbocycles. The first-order chi connectivity index (χ1) is 16.4. The SMILES string of the molecule is C=S(=O)(NCC(F)(F)F)c1ccc(-c2cc(S(N)(=O)=O)c(C)n2CC2CCCCC2)cc1C(C)(C)C. The van der Waals surface area contributed by atoms with Crippen molar-refractivity contribution in [1.29, 1.82) is 0 Å². The summed E-state index contributed by atoms with van der Waals surface area (Å²) in [5.74, 6) is 3.99. The molecule has 0 amide bonds. The van der Waals surface area contributed by atoms with Crippen molar-refractivity contribution in [2.45, 2.75) is 87.7 Å². The standard InChI is InChI=1S/C25H36F3N3O3S2/c1-17-23(36(29,33)34)14-21(31(17)15-18-9-7-6-8-10-18)19-11-12-22(20(13-19)24(2,3)4)35(5,32)30-16-25(26,27)28/h11-14,18H,5-10,15-16H2,1-4H3,(H,30,32)(H2,29,33,34). The van der Waals surface area contributed by atoms with Crippen LogP contribution in [-0.2, 0) is 31.7 Å². The predicted octanol–water partition coefficient (Wildman–Crippen LogP) is 5.13. The summed E-state index contributed by atoms with van der Waals surface area (Å²) in [6, 6.07) is 6.51. The first-order valence-electron chi connectivity index (χ1n) is 12.0. The second-order valence-electron chi connectivity index (χ2n) is 10.7. The minimum atomic E-state index is -4.54. The molecule has 1 saturated carbocycles. The summed E-state index contributed by atoms with van der Waals surface area (Å²) in [5, 5.41) is 5.51. The number of nitrogens with two attached hydrogens (primary N) is 1. The van der Waals surface area contributed by atoms with Crippen LogP contribution in [0.3, 0.4) is 0 Å². The number of alkyl halides is 3. The maximum Gasteiger partial charge on any atom is 0.402 e. The fraction of sp³-hybridized carbons (Fsp3) is 0.560. The number of aromatic nitrogens is 1. The van der Waals surface area contributed by atoms with E-state index in [1.54, 1.807) is 25.1 Å². The highest BCUT2D eigenvalue weighted by atomic mass is 32.2. The molecule has 0 saturated heterocycles. The highest BCUT2D eigenvalue weighted by molar-refractivity contribution is 7.98. The largest absolute Gasteiger partial charge is 0.402 e. The predicted molar refractivity (Wildman–Crippen MR) is 139 cm³/mol. The van der Waals surface area contributed by atoms with Crippen LogP contribution in [0.25, 0.3) is 11.3 Å². The Labute approximate surface area is 212 Å². The van der Waals surface area contributed by atoms with Gasteiger partial charge in [0.25, 0.3) is 0 Å². The number of rotatable bonds is 7. The Balaban J connectivity index is 2.16. The van der Waals surface area contributed by atoms with E-state index in [0.717, 1.165) is 25.7 Å². The molecule has 11 heteroatoms. The lowest BCUT2D eigenvalue weighted by molar-refractivity contribution is -0.121. The molecule has 0 spiro atoms. The molecule has 3 N–H and O–H groups in total. The third kappa shape index (κ3) is 6.73. The van der Waals surface area contributed by atoms with Crippen LogP contribution in [0.1, 0.15) is 64.1 Å². The Bertz CT molecular complexity index is 1320. The van der Waals surface area contributed by atoms with Crippen LogP contribution in [0.15, 0.2) is 34.1 Å². The highest BCUT2D eigenvalue weighted by Gasteiger charge is 2.31. The molecule has 202 valence electrons. The smallest absolute Gasteiger partial charge is 0.343 e. The van der Waals surface area contributed by atoms with Crippen LogP contribution in [-0.4, -0.2) is 35.8 Å². The topological polar surface area (TPSA) is 94.2 Å². The molecule has 1 aromatic heterocycles. The van der Waals surface area contributed by atoms with Crippen molar-refractivity contribution in [2.24, 2.45) is 11.1 Å². The number of benzene rings is 1. The summed E-state index contributed by atoms with van der Waals surface area (Å²) < 4.78 is 80.4. The van der Waals surface area contributed by atoms with E-state index in [9.17, 15) is 25.8 Å². The molecule has 1 atom stereocenters. The maximum atomic E-state index is 13.2. The number of primary sulfonamides is 1. The van der Waals surface area contributed by atoms with Gasteiger partial charge in [0.2, 0.25) is 10.0 Å². The van der Waals surface area contributed by atoms with Gasteiger partial charge in [-0.25, -0.2) is 22.5 Å². The van der Waals surface area contributed by atoms with Crippen molar-refractivity contribution in [1.82, 2.24) is 9.29 Å². The van der Waals surface area contributed by atoms with Crippen LogP contribution in [0.5, 0.6) is 0 Å². The van der Waals surface area contributed by atoms with Crippen molar-refractivity contribution < 1.29 is 25.8 Å². The van der Waals surface area contributed by atoms with Crippen LogP contribution in [0.2, 0.25) is 0 Å². The van der Waals surface area contributed by atoms with Crippen molar-refractivity contribution >= 4 is 25.6 Å². The van der Waals surface area contributed by atoms with E-state index >= 15 is 0 Å². The van der Waals surface area contributed by atoms with Gasteiger partial charge in [-0.3, -0.25) is 0 Å². The molecule has 0 radical (unpaired) electrons. The normalized spacial score (nSPS) is 17.8. The summed E-state index contributed by atoms with van der Waals surface area (Å²) in [6.07, 6.45) is 1.04. The number of sulfonamides is 1. The summed E-state index contributed by atoms with van der Waals surface area (Å²) in [7, 11) is -7.43. The van der Waals surface area contributed by atoms with Gasteiger partial charge in [0.1, 0.15) is 11.4 Å². The number of nitrogens with one attached hydrogen (secondary N) is 1. The number of nitrogens with zero attached hydrogens (tertiary/aromatic N) is 1. The van der Waals surface area contributed by atoms with E-state index in [2.05, 4.69) is 10.6 Å². The second-order valence-corrected chi connectivity index (χ2v) is 14.3. The number of halogens is 3. The molecule has 1 unspecified atom stereocenters. The zero-order valence-corrected chi connectivity index (χ0v) is 22.9. The monoisotopic (exact) mass is 547 g/mol. The van der Waals surface area contributed by atoms with Gasteiger partial charge in [0, 0.05) is 22.8 Å². The Morgan fingerprint density at radius 1 is 1.06 bits per heavy atom. The Morgan fingerprint density at radius 2 is 1.67 bits per heavy atom. The quantitative estimate of drug-likeness (QED) is 0.471. The molecule has 6 nitrogen and oxygen atoms in total. The molecular weight excluding hydrogens is 511 g/mol. The molecule has 1 heterocycles. The Morgan fingerprint density at radius 3 is 2.19 bits per heavy atom. The zero-order chi connectivity index (χ0) is 27.1. The van der Waals surface area contributed by atoms with Crippen LogP contribution in [0, 0.1) is 12.8 Å². The van der Waals surface area contributed by atoms with Crippen LogP contribution in [0.4, 0.5) is 13.2 Å². The van der Waals surface area contributed by atoms with Gasteiger partial charge in [-0.2, -0.15) is 13.2 Å². The van der Waals surface area contributed by atoms with Crippen LogP contribution >= 0.6 is 0 Å². The van der Waals surface area contributed by atoms with E-state index in [0.29, 0.717) is 35.0 Å². The molecule has 36 heavy (non-hydrogen) atoms. The molecule has 1 aromatic carbocycles. The fourth-order valence-corrected chi connectivity index (χ4v) is 7.21. The van der Waals surface area contributed by atoms with E-state index in [1.165, 1.54) is 12.5 Å². The van der Waals surface area contributed by atoms with Gasteiger partial charge in [-0.15, -0.1) is 0 Å². The third-order valence-electron chi connectivity index (χ3n) is 6.74. The van der Waals surface area contributed by atoms with Gasteiger partial charge >= 0.3 is 6.18 Å². The molecule has 0 aliphatic heterocycles. The lowest BCUT2D eigenvalue weighted by atomic mass is 9.85. The summed E-state index contributed by atoms with van der Waals surface area (Å²) in [6.45, 7) is 6.56. The van der Waals surface area contributed by atoms with Crippen molar-refractivity contribution in [3.8, 4) is 11.3 Å². The first kappa shape index (κ1) is 28.7. The molecule has 3 rings (SSSR count). The van der Waals surface area contributed by atoms with Crippen molar-refractivity contribution in [3.63, 3.8) is 0 Å². The first-order valence-corrected chi connectivity index (χ1v) is 15.2. The van der Waals surface area contributed by atoms with Gasteiger partial charge in [0.05, 0.1) is 9.71 Å². The molecular formula is C25H36F3N3O3S2. The van der Waals surface area contributed by atoms with E-state index < -0.39 is 37.9 Å². The summed E-state index contributed by atoms with van der Waals surface area (Å²) >= 11 is 0. The van der Waals surface area contributed by atoms with Gasteiger partial charge in [-0.1, -0.05) is 46.1 Å². The molecule has 1 aliphatic rings. The average Bonchev–Trinajstić information content (AvgIpc) is 3.08. The number of hydrogen-bond acceptors (Lipinski definition) is 3. The summed E-state index contributed by atoms with van der Waals surface area (Å²) in [5.41, 5.74) is 1.85. The highest BCUT2D eigenvalue weighted by Crippen LogP contribution is 2.37. The van der Waals surface area contributed by atoms with Gasteiger partial charge in [-0.05, 0) is 66.3 Å². The van der Waals surface area contributed by atoms with Crippen molar-refractivity contribution in [3.05, 3.63) is 35.5 Å². The second kappa shape index (κ2) is 10.2. The molecule has 2 aromatic rings. The zero-order valence-electron chi connectivity index (χ0n) is 21.2. The average molecular weight is 548 g/mol.